The Hall–Kier alpha value is -2.01. The van der Waals surface area contributed by atoms with E-state index in [-0.39, 0.29) is 36.2 Å². The predicted octanol–water partition coefficient (Wildman–Crippen LogP) is 3.30. The molecule has 32 heavy (non-hydrogen) atoms. The Balaban J connectivity index is 0.00000289. The van der Waals surface area contributed by atoms with Crippen LogP contribution in [0.5, 0.6) is 11.5 Å². The van der Waals surface area contributed by atoms with Gasteiger partial charge in [0.15, 0.2) is 5.96 Å². The molecule has 9 heteroatoms. The van der Waals surface area contributed by atoms with Gasteiger partial charge in [-0.05, 0) is 32.9 Å². The van der Waals surface area contributed by atoms with E-state index in [1.807, 2.05) is 31.0 Å². The predicted molar refractivity (Wildman–Crippen MR) is 135 cm³/mol. The normalized spacial score (nSPS) is 20.4. The summed E-state index contributed by atoms with van der Waals surface area (Å²) in [6.45, 7) is 10.3. The molecular formula is C23H34IN5O3. The van der Waals surface area contributed by atoms with Crippen molar-refractivity contribution in [2.24, 2.45) is 12.0 Å². The number of nitrogens with one attached hydrogen (secondary N) is 1. The van der Waals surface area contributed by atoms with Crippen LogP contribution in [0.15, 0.2) is 29.5 Å². The zero-order valence-electron chi connectivity index (χ0n) is 19.3. The first kappa shape index (κ1) is 24.6. The fourth-order valence-electron chi connectivity index (χ4n) is 4.13. The molecule has 2 unspecified atom stereocenters. The van der Waals surface area contributed by atoms with Crippen LogP contribution in [0.2, 0.25) is 0 Å². The van der Waals surface area contributed by atoms with Crippen LogP contribution in [0, 0.1) is 0 Å². The number of morpholine rings is 1. The topological polar surface area (TPSA) is 73.1 Å². The van der Waals surface area contributed by atoms with Gasteiger partial charge in [0.05, 0.1) is 32.5 Å². The molecule has 1 aromatic heterocycles. The number of benzene rings is 1. The maximum absolute atomic E-state index is 6.00. The van der Waals surface area contributed by atoms with Crippen molar-refractivity contribution in [1.29, 1.82) is 0 Å². The number of nitrogens with zero attached hydrogens (tertiary/aromatic N) is 4. The van der Waals surface area contributed by atoms with Gasteiger partial charge in [0.25, 0.3) is 0 Å². The van der Waals surface area contributed by atoms with Crippen LogP contribution in [0.4, 0.5) is 0 Å². The van der Waals surface area contributed by atoms with Gasteiger partial charge in [0.2, 0.25) is 0 Å². The number of aliphatic imine (C=N–C) groups is 1. The van der Waals surface area contributed by atoms with E-state index in [1.54, 1.807) is 0 Å². The number of aromatic nitrogens is 2. The Morgan fingerprint density at radius 3 is 2.91 bits per heavy atom. The minimum absolute atomic E-state index is 0. The van der Waals surface area contributed by atoms with Gasteiger partial charge in [-0.15, -0.1) is 24.0 Å². The highest BCUT2D eigenvalue weighted by Gasteiger charge is 2.26. The number of guanidine groups is 1. The molecular weight excluding hydrogens is 521 g/mol. The van der Waals surface area contributed by atoms with E-state index in [1.165, 1.54) is 5.56 Å². The van der Waals surface area contributed by atoms with Gasteiger partial charge in [0, 0.05) is 49.4 Å². The van der Waals surface area contributed by atoms with Crippen LogP contribution in [0.25, 0.3) is 0 Å². The van der Waals surface area contributed by atoms with Crippen LogP contribution in [-0.2, 0) is 24.8 Å². The van der Waals surface area contributed by atoms with Crippen molar-refractivity contribution in [3.8, 4) is 11.5 Å². The summed E-state index contributed by atoms with van der Waals surface area (Å²) in [6, 6.07) is 4.21. The Kier molecular flexibility index (Phi) is 8.64. The van der Waals surface area contributed by atoms with Crippen LogP contribution in [0.1, 0.15) is 43.6 Å². The van der Waals surface area contributed by atoms with Gasteiger partial charge in [-0.1, -0.05) is 0 Å². The lowest BCUT2D eigenvalue weighted by Gasteiger charge is -2.34. The number of rotatable bonds is 6. The van der Waals surface area contributed by atoms with E-state index in [4.69, 9.17) is 19.2 Å². The van der Waals surface area contributed by atoms with E-state index < -0.39 is 0 Å². The molecule has 2 aliphatic heterocycles. The number of hydrogen-bond donors (Lipinski definition) is 1. The summed E-state index contributed by atoms with van der Waals surface area (Å²) in [4.78, 5) is 7.21. The Morgan fingerprint density at radius 1 is 1.34 bits per heavy atom. The van der Waals surface area contributed by atoms with Crippen LogP contribution < -0.4 is 14.8 Å². The molecule has 0 spiro atoms. The second-order valence-corrected chi connectivity index (χ2v) is 8.06. The monoisotopic (exact) mass is 555 g/mol. The first-order chi connectivity index (χ1) is 15.1. The number of halogens is 1. The quantitative estimate of drug-likeness (QED) is 0.335. The Morgan fingerprint density at radius 2 is 2.19 bits per heavy atom. The highest BCUT2D eigenvalue weighted by Crippen LogP contribution is 2.35. The highest BCUT2D eigenvalue weighted by atomic mass is 127. The van der Waals surface area contributed by atoms with Gasteiger partial charge < -0.3 is 24.4 Å². The lowest BCUT2D eigenvalue weighted by Crippen LogP contribution is -2.48. The summed E-state index contributed by atoms with van der Waals surface area (Å²) < 4.78 is 19.7. The summed E-state index contributed by atoms with van der Waals surface area (Å²) >= 11 is 0. The molecule has 0 aliphatic carbocycles. The Labute approximate surface area is 207 Å². The van der Waals surface area contributed by atoms with Crippen LogP contribution >= 0.6 is 24.0 Å². The fourth-order valence-corrected chi connectivity index (χ4v) is 4.13. The first-order valence-corrected chi connectivity index (χ1v) is 11.2. The van der Waals surface area contributed by atoms with Gasteiger partial charge in [-0.2, -0.15) is 5.10 Å². The molecule has 0 radical (unpaired) electrons. The molecule has 0 amide bonds. The summed E-state index contributed by atoms with van der Waals surface area (Å²) in [6.07, 6.45) is 5.00. The summed E-state index contributed by atoms with van der Waals surface area (Å²) in [5.41, 5.74) is 3.34. The molecule has 1 aromatic carbocycles. The molecule has 2 aliphatic rings. The molecule has 1 fully saturated rings. The first-order valence-electron chi connectivity index (χ1n) is 11.2. The third kappa shape index (κ3) is 5.67. The minimum atomic E-state index is -0.0137. The lowest BCUT2D eigenvalue weighted by atomic mass is 10.1. The number of aryl methyl sites for hydroxylation is 1. The third-order valence-corrected chi connectivity index (χ3v) is 5.58. The molecule has 8 nitrogen and oxygen atoms in total. The average Bonchev–Trinajstić information content (AvgIpc) is 3.35. The SMILES string of the molecule is CCNC(=NCc1cc2c(cc1OCC)CC(C)O2)N1CCOC(c2cnn(C)c2)C1.I. The van der Waals surface area contributed by atoms with Crippen molar-refractivity contribution in [3.05, 3.63) is 41.2 Å². The molecule has 4 rings (SSSR count). The van der Waals surface area contributed by atoms with Crippen molar-refractivity contribution in [3.63, 3.8) is 0 Å². The van der Waals surface area contributed by atoms with Crippen LogP contribution in [0.3, 0.4) is 0 Å². The molecule has 176 valence electrons. The molecule has 3 heterocycles. The van der Waals surface area contributed by atoms with E-state index in [0.717, 1.165) is 54.6 Å². The van der Waals surface area contributed by atoms with Gasteiger partial charge >= 0.3 is 0 Å². The maximum Gasteiger partial charge on any atom is 0.194 e. The largest absolute Gasteiger partial charge is 0.494 e. The van der Waals surface area contributed by atoms with E-state index >= 15 is 0 Å². The van der Waals surface area contributed by atoms with Crippen molar-refractivity contribution in [1.82, 2.24) is 20.0 Å². The summed E-state index contributed by atoms with van der Waals surface area (Å²) in [7, 11) is 1.92. The standard InChI is InChI=1S/C23H33N5O3.HI/c1-5-24-23(28-7-8-30-22(15-28)19-13-26-27(4)14-19)25-12-18-11-21-17(9-16(3)31-21)10-20(18)29-6-2;/h10-11,13-14,16,22H,5-9,12,15H2,1-4H3,(H,24,25);1H. The molecule has 0 bridgehead atoms. The van der Waals surface area contributed by atoms with Gasteiger partial charge in [-0.25, -0.2) is 4.99 Å². The van der Waals surface area contributed by atoms with Gasteiger partial charge in [0.1, 0.15) is 23.7 Å². The summed E-state index contributed by atoms with van der Waals surface area (Å²) in [5.74, 6) is 2.74. The smallest absolute Gasteiger partial charge is 0.194 e. The van der Waals surface area contributed by atoms with Crippen molar-refractivity contribution >= 4 is 29.9 Å². The maximum atomic E-state index is 6.00. The molecule has 1 N–H and O–H groups in total. The molecule has 0 saturated carbocycles. The minimum Gasteiger partial charge on any atom is -0.494 e. The lowest BCUT2D eigenvalue weighted by molar-refractivity contribution is -0.00805. The summed E-state index contributed by atoms with van der Waals surface area (Å²) in [5, 5.41) is 7.72. The number of ether oxygens (including phenoxy) is 3. The second-order valence-electron chi connectivity index (χ2n) is 8.06. The number of hydrogen-bond acceptors (Lipinski definition) is 5. The van der Waals surface area contributed by atoms with Gasteiger partial charge in [-0.3, -0.25) is 4.68 Å². The second kappa shape index (κ2) is 11.2. The zero-order chi connectivity index (χ0) is 21.8. The molecule has 2 aromatic rings. The van der Waals surface area contributed by atoms with Crippen molar-refractivity contribution < 1.29 is 14.2 Å². The number of fused-ring (bicyclic) bond motifs is 1. The van der Waals surface area contributed by atoms with E-state index in [2.05, 4.69) is 41.3 Å². The average molecular weight is 555 g/mol. The highest BCUT2D eigenvalue weighted by molar-refractivity contribution is 14.0. The fraction of sp³-hybridized carbons (Fsp3) is 0.565. The van der Waals surface area contributed by atoms with Crippen molar-refractivity contribution in [2.45, 2.75) is 45.9 Å². The molecule has 1 saturated heterocycles. The zero-order valence-corrected chi connectivity index (χ0v) is 21.7. The van der Waals surface area contributed by atoms with E-state index in [0.29, 0.717) is 19.8 Å². The van der Waals surface area contributed by atoms with Crippen molar-refractivity contribution in [2.75, 3.05) is 32.8 Å². The third-order valence-electron chi connectivity index (χ3n) is 5.58. The van der Waals surface area contributed by atoms with E-state index in [9.17, 15) is 0 Å². The van der Waals surface area contributed by atoms with Crippen LogP contribution in [-0.4, -0.2) is 59.6 Å². The molecule has 2 atom stereocenters. The Bertz CT molecular complexity index is 932.